The van der Waals surface area contributed by atoms with E-state index in [1.165, 1.54) is 12.4 Å². The Hall–Kier alpha value is -2.28. The standard InChI is InChI=1S/C14H12ClF2N5/c1-22(6-13-18-7-19-21-13)12-5-11(14(16)17)20-10-3-2-8(15)4-9(10)12/h2-5,7,14H,6H2,1H3,(H,18,19,21). The number of benzene rings is 1. The second-order valence-electron chi connectivity index (χ2n) is 4.82. The summed E-state index contributed by atoms with van der Waals surface area (Å²) in [6.07, 6.45) is -1.24. The number of rotatable bonds is 4. The molecule has 0 bridgehead atoms. The summed E-state index contributed by atoms with van der Waals surface area (Å²) in [5.74, 6) is 0.632. The summed E-state index contributed by atoms with van der Waals surface area (Å²) >= 11 is 6.02. The molecule has 0 saturated carbocycles. The van der Waals surface area contributed by atoms with Crippen LogP contribution < -0.4 is 4.90 Å². The largest absolute Gasteiger partial charge is 0.366 e. The van der Waals surface area contributed by atoms with Gasteiger partial charge < -0.3 is 4.90 Å². The molecule has 3 rings (SSSR count). The number of aromatic nitrogens is 4. The van der Waals surface area contributed by atoms with Crippen LogP contribution in [-0.4, -0.2) is 27.2 Å². The number of aromatic amines is 1. The molecule has 22 heavy (non-hydrogen) atoms. The summed E-state index contributed by atoms with van der Waals surface area (Å²) in [5, 5.41) is 7.75. The zero-order valence-electron chi connectivity index (χ0n) is 11.6. The molecular weight excluding hydrogens is 312 g/mol. The lowest BCUT2D eigenvalue weighted by Gasteiger charge is -2.21. The molecule has 0 saturated heterocycles. The molecule has 0 aliphatic carbocycles. The predicted molar refractivity (Wildman–Crippen MR) is 80.2 cm³/mol. The van der Waals surface area contributed by atoms with Crippen molar-refractivity contribution >= 4 is 28.2 Å². The Morgan fingerprint density at radius 3 is 2.82 bits per heavy atom. The van der Waals surface area contributed by atoms with Gasteiger partial charge in [-0.2, -0.15) is 5.10 Å². The molecule has 5 nitrogen and oxygen atoms in total. The van der Waals surface area contributed by atoms with Crippen molar-refractivity contribution in [2.24, 2.45) is 0 Å². The zero-order chi connectivity index (χ0) is 15.7. The van der Waals surface area contributed by atoms with Crippen LogP contribution in [0.3, 0.4) is 0 Å². The van der Waals surface area contributed by atoms with Gasteiger partial charge in [-0.15, -0.1) is 0 Å². The highest BCUT2D eigenvalue weighted by molar-refractivity contribution is 6.31. The van der Waals surface area contributed by atoms with Gasteiger partial charge in [0, 0.05) is 23.1 Å². The van der Waals surface area contributed by atoms with E-state index in [2.05, 4.69) is 20.2 Å². The predicted octanol–water partition coefficient (Wildman–Crippen LogP) is 3.58. The van der Waals surface area contributed by atoms with E-state index < -0.39 is 6.43 Å². The van der Waals surface area contributed by atoms with Gasteiger partial charge in [0.15, 0.2) is 0 Å². The number of anilines is 1. The molecular formula is C14H12ClF2N5. The number of hydrogen-bond acceptors (Lipinski definition) is 4. The molecule has 1 N–H and O–H groups in total. The monoisotopic (exact) mass is 323 g/mol. The van der Waals surface area contributed by atoms with Gasteiger partial charge in [0.1, 0.15) is 17.8 Å². The summed E-state index contributed by atoms with van der Waals surface area (Å²) in [5.41, 5.74) is 0.815. The minimum Gasteiger partial charge on any atom is -0.366 e. The third-order valence-corrected chi connectivity index (χ3v) is 3.49. The number of hydrogen-bond donors (Lipinski definition) is 1. The van der Waals surface area contributed by atoms with E-state index in [1.54, 1.807) is 30.1 Å². The minimum atomic E-state index is -2.64. The van der Waals surface area contributed by atoms with Gasteiger partial charge in [-0.1, -0.05) is 11.6 Å². The number of halogens is 3. The Morgan fingerprint density at radius 1 is 1.32 bits per heavy atom. The Bertz CT molecular complexity index is 791. The maximum absolute atomic E-state index is 13.1. The SMILES string of the molecule is CN(Cc1ncn[nH]1)c1cc(C(F)F)nc2ccc(Cl)cc12. The Balaban J connectivity index is 2.10. The molecule has 2 aromatic heterocycles. The average Bonchev–Trinajstić information content (AvgIpc) is 2.98. The normalized spacial score (nSPS) is 11.3. The second kappa shape index (κ2) is 5.84. The molecule has 0 amide bonds. The number of pyridine rings is 1. The molecule has 0 aliphatic rings. The van der Waals surface area contributed by atoms with Gasteiger partial charge in [0.2, 0.25) is 0 Å². The quantitative estimate of drug-likeness (QED) is 0.797. The molecule has 2 heterocycles. The third-order valence-electron chi connectivity index (χ3n) is 3.26. The fourth-order valence-electron chi connectivity index (χ4n) is 2.24. The molecule has 3 aromatic rings. The van der Waals surface area contributed by atoms with E-state index in [0.717, 1.165) is 0 Å². The van der Waals surface area contributed by atoms with E-state index in [9.17, 15) is 8.78 Å². The first-order valence-electron chi connectivity index (χ1n) is 6.48. The van der Waals surface area contributed by atoms with Gasteiger partial charge in [0.25, 0.3) is 6.43 Å². The van der Waals surface area contributed by atoms with Crippen molar-refractivity contribution in [2.75, 3.05) is 11.9 Å². The number of fused-ring (bicyclic) bond motifs is 1. The van der Waals surface area contributed by atoms with Crippen LogP contribution in [-0.2, 0) is 6.54 Å². The van der Waals surface area contributed by atoms with Crippen molar-refractivity contribution in [3.63, 3.8) is 0 Å². The molecule has 1 aromatic carbocycles. The van der Waals surface area contributed by atoms with E-state index in [0.29, 0.717) is 34.0 Å². The molecule has 8 heteroatoms. The van der Waals surface area contributed by atoms with Gasteiger partial charge in [-0.25, -0.2) is 18.7 Å². The zero-order valence-corrected chi connectivity index (χ0v) is 12.3. The first kappa shape index (κ1) is 14.6. The third kappa shape index (κ3) is 2.85. The lowest BCUT2D eigenvalue weighted by Crippen LogP contribution is -2.18. The average molecular weight is 324 g/mol. The van der Waals surface area contributed by atoms with Crippen molar-refractivity contribution in [3.05, 3.63) is 47.1 Å². The van der Waals surface area contributed by atoms with Gasteiger partial charge in [0.05, 0.1) is 12.1 Å². The van der Waals surface area contributed by atoms with Crippen molar-refractivity contribution in [2.45, 2.75) is 13.0 Å². The molecule has 0 spiro atoms. The van der Waals surface area contributed by atoms with Gasteiger partial charge >= 0.3 is 0 Å². The van der Waals surface area contributed by atoms with Crippen molar-refractivity contribution in [3.8, 4) is 0 Å². The fourth-order valence-corrected chi connectivity index (χ4v) is 2.42. The highest BCUT2D eigenvalue weighted by Gasteiger charge is 2.16. The van der Waals surface area contributed by atoms with E-state index in [1.807, 2.05) is 0 Å². The van der Waals surface area contributed by atoms with Gasteiger partial charge in [-0.3, -0.25) is 5.10 Å². The Morgan fingerprint density at radius 2 is 2.14 bits per heavy atom. The van der Waals surface area contributed by atoms with Crippen LogP contribution in [0, 0.1) is 0 Å². The number of alkyl halides is 2. The van der Waals surface area contributed by atoms with E-state index >= 15 is 0 Å². The van der Waals surface area contributed by atoms with Crippen LogP contribution in [0.5, 0.6) is 0 Å². The van der Waals surface area contributed by atoms with Crippen LogP contribution in [0.4, 0.5) is 14.5 Å². The van der Waals surface area contributed by atoms with E-state index in [4.69, 9.17) is 11.6 Å². The van der Waals surface area contributed by atoms with Crippen LogP contribution in [0.15, 0.2) is 30.6 Å². The van der Waals surface area contributed by atoms with Crippen LogP contribution in [0.1, 0.15) is 17.9 Å². The topological polar surface area (TPSA) is 57.7 Å². The summed E-state index contributed by atoms with van der Waals surface area (Å²) in [7, 11) is 1.79. The molecule has 0 atom stereocenters. The smallest absolute Gasteiger partial charge is 0.280 e. The molecule has 0 fully saturated rings. The summed E-state index contributed by atoms with van der Waals surface area (Å²) in [4.78, 5) is 9.82. The van der Waals surface area contributed by atoms with Crippen LogP contribution in [0.2, 0.25) is 5.02 Å². The molecule has 114 valence electrons. The maximum atomic E-state index is 13.1. The molecule has 0 aliphatic heterocycles. The van der Waals surface area contributed by atoms with E-state index in [-0.39, 0.29) is 5.69 Å². The number of H-pyrrole nitrogens is 1. The van der Waals surface area contributed by atoms with Gasteiger partial charge in [-0.05, 0) is 24.3 Å². The first-order valence-corrected chi connectivity index (χ1v) is 6.86. The Labute approximate surface area is 129 Å². The first-order chi connectivity index (χ1) is 10.5. The maximum Gasteiger partial charge on any atom is 0.280 e. The lowest BCUT2D eigenvalue weighted by atomic mass is 10.1. The number of nitrogens with zero attached hydrogens (tertiary/aromatic N) is 4. The highest BCUT2D eigenvalue weighted by atomic mass is 35.5. The highest BCUT2D eigenvalue weighted by Crippen LogP contribution is 2.32. The number of nitrogens with one attached hydrogen (secondary N) is 1. The second-order valence-corrected chi connectivity index (χ2v) is 5.25. The summed E-state index contributed by atoms with van der Waals surface area (Å²) in [6, 6.07) is 6.35. The Kier molecular flexibility index (Phi) is 3.89. The summed E-state index contributed by atoms with van der Waals surface area (Å²) < 4.78 is 26.1. The summed E-state index contributed by atoms with van der Waals surface area (Å²) in [6.45, 7) is 0.397. The minimum absolute atomic E-state index is 0.269. The lowest BCUT2D eigenvalue weighted by molar-refractivity contribution is 0.146. The van der Waals surface area contributed by atoms with Crippen molar-refractivity contribution < 1.29 is 8.78 Å². The molecule has 0 radical (unpaired) electrons. The van der Waals surface area contributed by atoms with Crippen molar-refractivity contribution in [1.29, 1.82) is 0 Å². The fraction of sp³-hybridized carbons (Fsp3) is 0.214. The van der Waals surface area contributed by atoms with Crippen molar-refractivity contribution in [1.82, 2.24) is 20.2 Å². The van der Waals surface area contributed by atoms with Crippen LogP contribution in [0.25, 0.3) is 10.9 Å². The van der Waals surface area contributed by atoms with Crippen LogP contribution >= 0.6 is 11.6 Å². The molecule has 0 unspecified atom stereocenters.